The summed E-state index contributed by atoms with van der Waals surface area (Å²) in [7, 11) is 4.29. The lowest BCUT2D eigenvalue weighted by Crippen LogP contribution is -2.23. The summed E-state index contributed by atoms with van der Waals surface area (Å²) in [6, 6.07) is 9.87. The predicted octanol–water partition coefficient (Wildman–Crippen LogP) is 3.62. The van der Waals surface area contributed by atoms with Gasteiger partial charge in [-0.05, 0) is 57.3 Å². The number of rotatable bonds is 7. The first-order valence-electron chi connectivity index (χ1n) is 7.41. The lowest BCUT2D eigenvalue weighted by molar-refractivity contribution is 0.275. The van der Waals surface area contributed by atoms with Crippen molar-refractivity contribution in [2.75, 3.05) is 14.1 Å². The molecule has 2 nitrogen and oxygen atoms in total. The van der Waals surface area contributed by atoms with Crippen molar-refractivity contribution in [2.45, 2.75) is 52.1 Å². The van der Waals surface area contributed by atoms with Crippen LogP contribution in [-0.4, -0.2) is 25.0 Å². The van der Waals surface area contributed by atoms with E-state index in [2.05, 4.69) is 64.0 Å². The maximum Gasteiger partial charge on any atom is 0.0342 e. The summed E-state index contributed by atoms with van der Waals surface area (Å²) < 4.78 is 0. The van der Waals surface area contributed by atoms with Crippen LogP contribution < -0.4 is 5.73 Å². The Hall–Kier alpha value is -0.860. The van der Waals surface area contributed by atoms with Gasteiger partial charge in [-0.25, -0.2) is 0 Å². The average Bonchev–Trinajstić information content (AvgIpc) is 2.29. The smallest absolute Gasteiger partial charge is 0.0342 e. The third kappa shape index (κ3) is 5.75. The Morgan fingerprint density at radius 1 is 1.00 bits per heavy atom. The zero-order valence-corrected chi connectivity index (χ0v) is 13.2. The van der Waals surface area contributed by atoms with E-state index in [1.54, 1.807) is 0 Å². The molecule has 0 aliphatic heterocycles. The molecule has 0 amide bonds. The molecule has 2 unspecified atom stereocenters. The van der Waals surface area contributed by atoms with Crippen LogP contribution in [0.25, 0.3) is 0 Å². The molecule has 0 saturated heterocycles. The van der Waals surface area contributed by atoms with Crippen molar-refractivity contribution in [1.82, 2.24) is 4.90 Å². The van der Waals surface area contributed by atoms with Crippen LogP contribution in [0.2, 0.25) is 0 Å². The molecule has 0 aliphatic carbocycles. The maximum absolute atomic E-state index is 5.88. The fourth-order valence-electron chi connectivity index (χ4n) is 2.49. The fraction of sp³-hybridized carbons (Fsp3) is 0.647. The van der Waals surface area contributed by atoms with Gasteiger partial charge in [0.25, 0.3) is 0 Å². The molecule has 2 heteroatoms. The van der Waals surface area contributed by atoms with Gasteiger partial charge in [-0.2, -0.15) is 0 Å². The van der Waals surface area contributed by atoms with Crippen LogP contribution in [0.5, 0.6) is 0 Å². The minimum absolute atomic E-state index is 0.280. The summed E-state index contributed by atoms with van der Waals surface area (Å²) in [6.45, 7) is 6.61. The van der Waals surface area contributed by atoms with Gasteiger partial charge in [0, 0.05) is 12.1 Å². The largest absolute Gasteiger partial charge is 0.328 e. The summed E-state index contributed by atoms with van der Waals surface area (Å²) >= 11 is 0. The summed E-state index contributed by atoms with van der Waals surface area (Å²) in [4.78, 5) is 2.29. The molecular weight excluding hydrogens is 232 g/mol. The lowest BCUT2D eigenvalue weighted by atomic mass is 9.96. The van der Waals surface area contributed by atoms with Gasteiger partial charge in [0.05, 0.1) is 0 Å². The summed E-state index contributed by atoms with van der Waals surface area (Å²) in [5, 5.41) is 0. The zero-order chi connectivity index (χ0) is 14.4. The first-order chi connectivity index (χ1) is 8.90. The van der Waals surface area contributed by atoms with Gasteiger partial charge in [0.1, 0.15) is 0 Å². The molecule has 0 saturated carbocycles. The van der Waals surface area contributed by atoms with Crippen LogP contribution in [0.1, 0.15) is 50.8 Å². The molecule has 1 aromatic rings. The van der Waals surface area contributed by atoms with Crippen molar-refractivity contribution >= 4 is 0 Å². The van der Waals surface area contributed by atoms with E-state index >= 15 is 0 Å². The third-order valence-electron chi connectivity index (χ3n) is 3.53. The molecular formula is C17H30N2. The molecule has 0 aliphatic rings. The van der Waals surface area contributed by atoms with Gasteiger partial charge in [-0.15, -0.1) is 0 Å². The Bertz CT molecular complexity index is 352. The highest BCUT2D eigenvalue weighted by atomic mass is 15.1. The van der Waals surface area contributed by atoms with Crippen molar-refractivity contribution in [1.29, 1.82) is 0 Å². The van der Waals surface area contributed by atoms with E-state index in [1.807, 2.05) is 0 Å². The summed E-state index contributed by atoms with van der Waals surface area (Å²) in [5.41, 5.74) is 8.71. The highest BCUT2D eigenvalue weighted by Gasteiger charge is 2.14. The molecule has 0 fully saturated rings. The number of hydrogen-bond donors (Lipinski definition) is 1. The first-order valence-corrected chi connectivity index (χ1v) is 7.41. The van der Waals surface area contributed by atoms with Crippen LogP contribution in [0.3, 0.4) is 0 Å². The molecule has 0 bridgehead atoms. The molecule has 0 spiro atoms. The fourth-order valence-corrected chi connectivity index (χ4v) is 2.49. The van der Waals surface area contributed by atoms with Gasteiger partial charge in [0.2, 0.25) is 0 Å². The van der Waals surface area contributed by atoms with Crippen LogP contribution in [-0.2, 0) is 6.42 Å². The monoisotopic (exact) mass is 262 g/mol. The number of hydrogen-bond acceptors (Lipinski definition) is 2. The SMILES string of the molecule is CC(C)Cc1ccc(C(CCC(C)N)N(C)C)cc1. The highest BCUT2D eigenvalue weighted by Crippen LogP contribution is 2.24. The second kappa shape index (κ2) is 7.66. The minimum Gasteiger partial charge on any atom is -0.328 e. The molecule has 19 heavy (non-hydrogen) atoms. The van der Waals surface area contributed by atoms with Crippen LogP contribution >= 0.6 is 0 Å². The third-order valence-corrected chi connectivity index (χ3v) is 3.53. The van der Waals surface area contributed by atoms with E-state index in [1.165, 1.54) is 11.1 Å². The van der Waals surface area contributed by atoms with Crippen LogP contribution in [0.4, 0.5) is 0 Å². The first kappa shape index (κ1) is 16.2. The van der Waals surface area contributed by atoms with Gasteiger partial charge in [-0.3, -0.25) is 0 Å². The van der Waals surface area contributed by atoms with Crippen molar-refractivity contribution in [2.24, 2.45) is 11.7 Å². The molecule has 0 aromatic heterocycles. The highest BCUT2D eigenvalue weighted by molar-refractivity contribution is 5.25. The molecule has 1 rings (SSSR count). The Balaban J connectivity index is 2.74. The van der Waals surface area contributed by atoms with E-state index in [0.717, 1.165) is 19.3 Å². The maximum atomic E-state index is 5.88. The zero-order valence-electron chi connectivity index (χ0n) is 13.2. The predicted molar refractivity (Wildman–Crippen MR) is 84.3 cm³/mol. The Labute approximate surface area is 119 Å². The topological polar surface area (TPSA) is 29.3 Å². The molecule has 0 radical (unpaired) electrons. The quantitative estimate of drug-likeness (QED) is 0.813. The summed E-state index contributed by atoms with van der Waals surface area (Å²) in [5.74, 6) is 0.716. The Kier molecular flexibility index (Phi) is 6.53. The molecule has 1 aromatic carbocycles. The van der Waals surface area contributed by atoms with Crippen molar-refractivity contribution < 1.29 is 0 Å². The van der Waals surface area contributed by atoms with Crippen LogP contribution in [0.15, 0.2) is 24.3 Å². The van der Waals surface area contributed by atoms with E-state index in [4.69, 9.17) is 5.73 Å². The van der Waals surface area contributed by atoms with E-state index in [0.29, 0.717) is 12.0 Å². The van der Waals surface area contributed by atoms with E-state index in [9.17, 15) is 0 Å². The van der Waals surface area contributed by atoms with E-state index < -0.39 is 0 Å². The molecule has 2 N–H and O–H groups in total. The van der Waals surface area contributed by atoms with Crippen molar-refractivity contribution in [3.8, 4) is 0 Å². The van der Waals surface area contributed by atoms with Crippen molar-refractivity contribution in [3.05, 3.63) is 35.4 Å². The Morgan fingerprint density at radius 2 is 1.58 bits per heavy atom. The molecule has 108 valence electrons. The standard InChI is InChI=1S/C17H30N2/c1-13(2)12-15-7-9-16(10-8-15)17(19(4)5)11-6-14(3)18/h7-10,13-14,17H,6,11-12,18H2,1-5H3. The number of benzene rings is 1. The van der Waals surface area contributed by atoms with Crippen LogP contribution in [0, 0.1) is 5.92 Å². The van der Waals surface area contributed by atoms with Gasteiger partial charge < -0.3 is 10.6 Å². The molecule has 2 atom stereocenters. The van der Waals surface area contributed by atoms with Gasteiger partial charge in [-0.1, -0.05) is 38.1 Å². The van der Waals surface area contributed by atoms with E-state index in [-0.39, 0.29) is 6.04 Å². The lowest BCUT2D eigenvalue weighted by Gasteiger charge is -2.25. The Morgan fingerprint density at radius 3 is 2.00 bits per heavy atom. The van der Waals surface area contributed by atoms with Gasteiger partial charge >= 0.3 is 0 Å². The normalized spacial score (nSPS) is 14.9. The summed E-state index contributed by atoms with van der Waals surface area (Å²) in [6.07, 6.45) is 3.34. The van der Waals surface area contributed by atoms with Gasteiger partial charge in [0.15, 0.2) is 0 Å². The number of nitrogens with zero attached hydrogens (tertiary/aromatic N) is 1. The molecule has 0 heterocycles. The second-order valence-electron chi connectivity index (χ2n) is 6.37. The average molecular weight is 262 g/mol. The minimum atomic E-state index is 0.280. The second-order valence-corrected chi connectivity index (χ2v) is 6.37. The van der Waals surface area contributed by atoms with Crippen molar-refractivity contribution in [3.63, 3.8) is 0 Å². The number of nitrogens with two attached hydrogens (primary N) is 1.